The van der Waals surface area contributed by atoms with Gasteiger partial charge in [0, 0.05) is 95.9 Å². The van der Waals surface area contributed by atoms with E-state index in [1.54, 1.807) is 56.2 Å². The van der Waals surface area contributed by atoms with Gasteiger partial charge in [0.2, 0.25) is 5.91 Å². The van der Waals surface area contributed by atoms with E-state index in [9.17, 15) is 34.1 Å². The Morgan fingerprint density at radius 1 is 0.331 bits per heavy atom. The zero-order valence-corrected chi connectivity index (χ0v) is 81.8. The molecule has 24 rings (SSSR count). The quantitative estimate of drug-likeness (QED) is 0.0365. The molecule has 12 aromatic rings. The number of nitrogens with two attached hydrogens (primary N) is 1. The summed E-state index contributed by atoms with van der Waals surface area (Å²) in [4.78, 5) is 58.6. The number of carbonyl (C=O) groups excluding carboxylic acids is 1. The molecule has 6 aliphatic carbocycles. The van der Waals surface area contributed by atoms with Gasteiger partial charge in [0.15, 0.2) is 0 Å². The number of imidazole rings is 6. The van der Waals surface area contributed by atoms with Crippen molar-refractivity contribution < 1.29 is 70.6 Å². The molecule has 9 unspecified atom stereocenters. The number of benzene rings is 6. The highest BCUT2D eigenvalue weighted by molar-refractivity contribution is 6.32. The fourth-order valence-electron chi connectivity index (χ4n) is 25.2. The molecule has 6 aromatic heterocycles. The summed E-state index contributed by atoms with van der Waals surface area (Å²) in [5.74, 6) is -3.13. The molecule has 142 heavy (non-hydrogen) atoms. The van der Waals surface area contributed by atoms with Crippen LogP contribution in [0.3, 0.4) is 0 Å². The van der Waals surface area contributed by atoms with Crippen LogP contribution < -0.4 is 5.73 Å². The van der Waals surface area contributed by atoms with E-state index >= 15 is 26.3 Å². The van der Waals surface area contributed by atoms with Crippen LogP contribution in [0, 0.1) is 23.6 Å². The average Bonchev–Trinajstić information content (AvgIpc) is 1.60. The minimum atomic E-state index is -1.47. The Labute approximate surface area is 837 Å². The molecule has 1 amide bonds. The molecule has 31 heteroatoms. The molecule has 0 bridgehead atoms. The number of carbonyl (C=O) groups is 3. The number of aliphatic hydroxyl groups is 3. The molecule has 6 aromatic carbocycles. The molecule has 750 valence electrons. The van der Waals surface area contributed by atoms with Gasteiger partial charge in [0.25, 0.3) is 0 Å². The van der Waals surface area contributed by atoms with Gasteiger partial charge in [-0.25, -0.2) is 60.6 Å². The summed E-state index contributed by atoms with van der Waals surface area (Å²) >= 11 is 19.2. The van der Waals surface area contributed by atoms with Crippen molar-refractivity contribution in [2.75, 3.05) is 0 Å². The fraction of sp³-hybridized carbons (Fsp3) is 0.486. The Bertz CT molecular complexity index is 6060. The summed E-state index contributed by atoms with van der Waals surface area (Å²) in [6.07, 6.45) is 38.6. The normalized spacial score (nSPS) is 25.8. The fourth-order valence-corrected chi connectivity index (χ4v) is 26.1. The number of aliphatic hydroxyl groups excluding tert-OH is 3. The van der Waals surface area contributed by atoms with E-state index in [1.807, 2.05) is 128 Å². The largest absolute Gasteiger partial charge is 0.481 e. The number of carboxylic acid groups (broad SMARTS) is 2. The van der Waals surface area contributed by atoms with Crippen molar-refractivity contribution in [3.05, 3.63) is 251 Å². The van der Waals surface area contributed by atoms with E-state index in [4.69, 9.17) is 50.7 Å². The van der Waals surface area contributed by atoms with E-state index in [0.717, 1.165) is 131 Å². The van der Waals surface area contributed by atoms with Crippen LogP contribution in [-0.2, 0) is 14.4 Å². The molecule has 0 radical (unpaired) electrons. The Kier molecular flexibility index (Phi) is 29.4. The van der Waals surface area contributed by atoms with Crippen LogP contribution in [0.15, 0.2) is 196 Å². The highest BCUT2D eigenvalue weighted by Crippen LogP contribution is 2.55. The third-order valence-electron chi connectivity index (χ3n) is 33.4. The molecular formula is C111H123Cl3F7N13O8. The van der Waals surface area contributed by atoms with Gasteiger partial charge in [-0.05, 0) is 189 Å². The SMILES string of the molecule is NC(=O)C1CCC(F)(CCC2c3c(F)cccc3-c3cncn32)CC1.O=C(O)C1CCC(F)(CCC2c3ccccc3-c3cncn32)CC1.O=C(O)C1CCC(F)(CCC2c3ccccc3-c3cncn32)CC1.OC(CC1c2c(Cl)cccc2-c2cncn21)C1(F)CCCCC1.OC(CC1c2c(Cl)cccc2-c2cncn21)C1(F)CCCCC1.OC(CC1c2c(Cl)cccc2-c2cncn21)C1(F)CCCCC1. The van der Waals surface area contributed by atoms with Crippen LogP contribution in [0.25, 0.3) is 67.5 Å². The van der Waals surface area contributed by atoms with Crippen molar-refractivity contribution in [2.45, 2.75) is 320 Å². The van der Waals surface area contributed by atoms with Gasteiger partial charge in [-0.3, -0.25) is 14.4 Å². The number of aliphatic carboxylic acids is 2. The first-order chi connectivity index (χ1) is 68.4. The van der Waals surface area contributed by atoms with Crippen molar-refractivity contribution in [3.8, 4) is 67.5 Å². The lowest BCUT2D eigenvalue weighted by Crippen LogP contribution is -2.41. The maximum atomic E-state index is 15.2. The Morgan fingerprint density at radius 3 is 0.887 bits per heavy atom. The zero-order valence-electron chi connectivity index (χ0n) is 79.5. The summed E-state index contributed by atoms with van der Waals surface area (Å²) in [6, 6.07) is 38.4. The third kappa shape index (κ3) is 20.1. The number of halogens is 10. The van der Waals surface area contributed by atoms with Crippen LogP contribution in [-0.4, -0.2) is 153 Å². The van der Waals surface area contributed by atoms with Gasteiger partial charge >= 0.3 is 11.9 Å². The van der Waals surface area contributed by atoms with E-state index < -0.39 is 64.3 Å². The lowest BCUT2D eigenvalue weighted by atomic mass is 9.77. The summed E-state index contributed by atoms with van der Waals surface area (Å²) in [5.41, 5.74) is 15.5. The van der Waals surface area contributed by atoms with Crippen LogP contribution in [0.2, 0.25) is 15.1 Å². The van der Waals surface area contributed by atoms with Crippen molar-refractivity contribution >= 4 is 52.6 Å². The first-order valence-electron chi connectivity index (χ1n) is 50.8. The number of nitrogens with zero attached hydrogens (tertiary/aromatic N) is 12. The number of carboxylic acids is 2. The lowest BCUT2D eigenvalue weighted by Gasteiger charge is -2.35. The van der Waals surface area contributed by atoms with E-state index in [2.05, 4.69) is 63.3 Å². The lowest BCUT2D eigenvalue weighted by molar-refractivity contribution is -0.145. The second-order valence-electron chi connectivity index (χ2n) is 41.7. The van der Waals surface area contributed by atoms with Crippen LogP contribution >= 0.6 is 34.8 Å². The maximum absolute atomic E-state index is 15.2. The molecule has 12 aliphatic rings. The summed E-state index contributed by atoms with van der Waals surface area (Å²) < 4.78 is 117. The van der Waals surface area contributed by atoms with Gasteiger partial charge in [-0.1, -0.05) is 190 Å². The first-order valence-corrected chi connectivity index (χ1v) is 51.9. The van der Waals surface area contributed by atoms with Crippen molar-refractivity contribution in [2.24, 2.45) is 23.5 Å². The molecule has 12 heterocycles. The first kappa shape index (κ1) is 100.0. The Balaban J connectivity index is 0.000000108. The number of hydrogen-bond donors (Lipinski definition) is 6. The minimum Gasteiger partial charge on any atom is -0.481 e. The molecule has 21 nitrogen and oxygen atoms in total. The standard InChI is InChI=1S/C19H21F2N3O.2C19H21FN2O2.3C18H20ClFN2O/c20-14-3-1-2-13-16-10-23-11-24(16)15(17(13)14)6-9-19(21)7-4-12(5-8-19)18(22)25;2*20-19(8-5-13(6-9-19)18(23)24)10-7-16-14-3-1-2-4-15(14)17-11-21-12-22(16)17;3*19-13-6-4-5-12-15-10-21-11-22(15)14(17(12)13)9-16(23)18(20)7-2-1-3-8-18/h1-3,10-12,15H,4-9H2,(H2,22,25);2*1-4,11-13,16H,5-10H2,(H,23,24);3*4-6,10-11,14,16,23H,1-3,7-9H2. The number of amides is 1. The van der Waals surface area contributed by atoms with Gasteiger partial charge in [-0.2, -0.15) is 0 Å². The van der Waals surface area contributed by atoms with Crippen LogP contribution in [0.4, 0.5) is 30.7 Å². The predicted octanol–water partition coefficient (Wildman–Crippen LogP) is 25.8. The van der Waals surface area contributed by atoms with E-state index in [1.165, 1.54) is 28.3 Å². The van der Waals surface area contributed by atoms with Gasteiger partial charge in [0.05, 0.1) is 176 Å². The molecule has 0 saturated heterocycles. The highest BCUT2D eigenvalue weighted by atomic mass is 35.5. The van der Waals surface area contributed by atoms with Gasteiger partial charge < -0.3 is 58.7 Å². The smallest absolute Gasteiger partial charge is 0.306 e. The number of rotatable bonds is 21. The molecule has 6 saturated carbocycles. The van der Waals surface area contributed by atoms with Crippen LogP contribution in [0.5, 0.6) is 0 Å². The van der Waals surface area contributed by atoms with Crippen LogP contribution in [0.1, 0.15) is 301 Å². The molecule has 0 spiro atoms. The average molecular weight is 2010 g/mol. The van der Waals surface area contributed by atoms with E-state index in [-0.39, 0.29) is 65.7 Å². The maximum Gasteiger partial charge on any atom is 0.306 e. The predicted molar refractivity (Wildman–Crippen MR) is 532 cm³/mol. The highest BCUT2D eigenvalue weighted by Gasteiger charge is 2.49. The number of alkyl halides is 6. The molecular weight excluding hydrogens is 1880 g/mol. The second-order valence-corrected chi connectivity index (χ2v) is 42.9. The molecule has 6 fully saturated rings. The zero-order chi connectivity index (χ0) is 99.2. The van der Waals surface area contributed by atoms with Crippen molar-refractivity contribution in [1.82, 2.24) is 57.3 Å². The second kappa shape index (κ2) is 41.8. The molecule has 7 N–H and O–H groups in total. The topological polar surface area (TPSA) is 285 Å². The minimum absolute atomic E-state index is 0.128. The number of primary amides is 1. The van der Waals surface area contributed by atoms with E-state index in [0.29, 0.717) is 194 Å². The molecule has 6 aliphatic heterocycles. The summed E-state index contributed by atoms with van der Waals surface area (Å²) in [7, 11) is 0. The van der Waals surface area contributed by atoms with Gasteiger partial charge in [-0.15, -0.1) is 0 Å². The number of fused-ring (bicyclic) bond motifs is 18. The van der Waals surface area contributed by atoms with Gasteiger partial charge in [0.1, 0.15) is 39.8 Å². The Hall–Kier alpha value is -10.8. The molecule has 9 atom stereocenters. The summed E-state index contributed by atoms with van der Waals surface area (Å²) in [5, 5.41) is 52.0. The monoisotopic (exact) mass is 2000 g/mol. The number of hydrogen-bond acceptors (Lipinski definition) is 12. The summed E-state index contributed by atoms with van der Waals surface area (Å²) in [6.45, 7) is 0. The number of aromatic nitrogens is 12. The van der Waals surface area contributed by atoms with Crippen molar-refractivity contribution in [3.63, 3.8) is 0 Å². The Morgan fingerprint density at radius 2 is 0.585 bits per heavy atom. The third-order valence-corrected chi connectivity index (χ3v) is 34.4. The van der Waals surface area contributed by atoms with Crippen molar-refractivity contribution in [1.29, 1.82) is 0 Å².